The minimum atomic E-state index is -0.333. The summed E-state index contributed by atoms with van der Waals surface area (Å²) >= 11 is 0. The molecule has 3 rings (SSSR count). The summed E-state index contributed by atoms with van der Waals surface area (Å²) in [5, 5.41) is 0. The first-order chi connectivity index (χ1) is 19.0. The van der Waals surface area contributed by atoms with Gasteiger partial charge < -0.3 is 4.74 Å². The van der Waals surface area contributed by atoms with E-state index in [4.69, 9.17) is 4.74 Å². The van der Waals surface area contributed by atoms with Gasteiger partial charge in [0.1, 0.15) is 0 Å². The summed E-state index contributed by atoms with van der Waals surface area (Å²) in [6.07, 6.45) is 17.4. The highest BCUT2D eigenvalue weighted by Gasteiger charge is 2.10. The number of rotatable bonds is 18. The van der Waals surface area contributed by atoms with Gasteiger partial charge in [0, 0.05) is 17.3 Å². The zero-order chi connectivity index (χ0) is 27.9. The summed E-state index contributed by atoms with van der Waals surface area (Å²) in [4.78, 5) is 4.63. The third-order valence-corrected chi connectivity index (χ3v) is 7.60. The Labute approximate surface area is 237 Å². The van der Waals surface area contributed by atoms with E-state index in [1.54, 1.807) is 6.07 Å². The van der Waals surface area contributed by atoms with Crippen LogP contribution in [0.5, 0.6) is 5.75 Å². The molecule has 0 aliphatic heterocycles. The molecule has 0 amide bonds. The predicted octanol–water partition coefficient (Wildman–Crippen LogP) is 11.1. The molecule has 0 saturated heterocycles. The lowest BCUT2D eigenvalue weighted by Gasteiger charge is -2.14. The fraction of sp³-hybridized carbons (Fsp3) is 0.528. The molecule has 212 valence electrons. The van der Waals surface area contributed by atoms with Crippen LogP contribution in [0.25, 0.3) is 22.4 Å². The maximum absolute atomic E-state index is 14.8. The summed E-state index contributed by atoms with van der Waals surface area (Å²) in [7, 11) is 0. The van der Waals surface area contributed by atoms with E-state index in [1.165, 1.54) is 75.8 Å². The highest BCUT2D eigenvalue weighted by atomic mass is 19.1. The lowest BCUT2D eigenvalue weighted by atomic mass is 10.0. The van der Waals surface area contributed by atoms with Crippen molar-refractivity contribution in [2.45, 2.75) is 105 Å². The van der Waals surface area contributed by atoms with Crippen molar-refractivity contribution in [1.29, 1.82) is 0 Å². The molecule has 1 aromatic heterocycles. The number of ether oxygens (including phenoxy) is 1. The van der Waals surface area contributed by atoms with Gasteiger partial charge in [-0.05, 0) is 66.5 Å². The van der Waals surface area contributed by atoms with Crippen molar-refractivity contribution >= 4 is 0 Å². The molecule has 1 unspecified atom stereocenters. The fourth-order valence-electron chi connectivity index (χ4n) is 5.03. The number of hydrogen-bond acceptors (Lipinski definition) is 2. The Morgan fingerprint density at radius 2 is 1.38 bits per heavy atom. The van der Waals surface area contributed by atoms with Crippen LogP contribution in [0.1, 0.15) is 104 Å². The van der Waals surface area contributed by atoms with Crippen molar-refractivity contribution in [3.63, 3.8) is 0 Å². The largest absolute Gasteiger partial charge is 0.490 e. The van der Waals surface area contributed by atoms with Gasteiger partial charge in [-0.1, -0.05) is 116 Å². The van der Waals surface area contributed by atoms with Crippen LogP contribution in [0.3, 0.4) is 0 Å². The van der Waals surface area contributed by atoms with E-state index in [2.05, 4.69) is 63.0 Å². The second-order valence-corrected chi connectivity index (χ2v) is 11.7. The monoisotopic (exact) mass is 531 g/mol. The smallest absolute Gasteiger partial charge is 0.165 e. The molecule has 1 atom stereocenters. The molecular weight excluding hydrogens is 481 g/mol. The Morgan fingerprint density at radius 1 is 0.718 bits per heavy atom. The lowest BCUT2D eigenvalue weighted by molar-refractivity contribution is 0.238. The van der Waals surface area contributed by atoms with Crippen LogP contribution in [0.15, 0.2) is 60.8 Å². The Morgan fingerprint density at radius 3 is 2.03 bits per heavy atom. The first-order valence-electron chi connectivity index (χ1n) is 15.4. The van der Waals surface area contributed by atoms with Gasteiger partial charge in [-0.2, -0.15) is 0 Å². The Hall–Kier alpha value is -2.68. The molecule has 2 nitrogen and oxygen atoms in total. The zero-order valence-electron chi connectivity index (χ0n) is 24.9. The number of aryl methyl sites for hydroxylation is 1. The predicted molar refractivity (Wildman–Crippen MR) is 165 cm³/mol. The zero-order valence-corrected chi connectivity index (χ0v) is 24.9. The van der Waals surface area contributed by atoms with Gasteiger partial charge in [0.15, 0.2) is 11.6 Å². The van der Waals surface area contributed by atoms with Crippen LogP contribution < -0.4 is 4.74 Å². The number of hydrogen-bond donors (Lipinski definition) is 0. The normalized spacial score (nSPS) is 12.2. The number of pyridine rings is 1. The molecule has 2 aromatic carbocycles. The number of unbranched alkanes of at least 4 members (excludes halogenated alkanes) is 7. The molecular formula is C36H50FNO. The Kier molecular flexibility index (Phi) is 13.5. The second kappa shape index (κ2) is 17.1. The highest BCUT2D eigenvalue weighted by Crippen LogP contribution is 2.27. The molecule has 0 bridgehead atoms. The summed E-state index contributed by atoms with van der Waals surface area (Å²) in [5.41, 5.74) is 5.15. The molecule has 39 heavy (non-hydrogen) atoms. The number of nitrogens with zero attached hydrogens (tertiary/aromatic N) is 1. The van der Waals surface area contributed by atoms with Crippen molar-refractivity contribution in [3.8, 4) is 28.1 Å². The third kappa shape index (κ3) is 11.1. The maximum atomic E-state index is 14.8. The lowest BCUT2D eigenvalue weighted by Crippen LogP contribution is -2.09. The van der Waals surface area contributed by atoms with Crippen LogP contribution in [0, 0.1) is 17.7 Å². The van der Waals surface area contributed by atoms with Gasteiger partial charge >= 0.3 is 0 Å². The molecule has 0 saturated carbocycles. The highest BCUT2D eigenvalue weighted by molar-refractivity contribution is 5.67. The molecule has 3 aromatic rings. The van der Waals surface area contributed by atoms with Crippen LogP contribution in [0.4, 0.5) is 4.39 Å². The summed E-state index contributed by atoms with van der Waals surface area (Å²) in [5.74, 6) is 1.12. The van der Waals surface area contributed by atoms with Crippen molar-refractivity contribution in [1.82, 2.24) is 4.98 Å². The molecule has 3 heteroatoms. The van der Waals surface area contributed by atoms with Gasteiger partial charge in [0.05, 0.1) is 12.3 Å². The van der Waals surface area contributed by atoms with Gasteiger partial charge in [0.2, 0.25) is 0 Å². The van der Waals surface area contributed by atoms with E-state index in [0.29, 0.717) is 18.3 Å². The number of benzene rings is 2. The van der Waals surface area contributed by atoms with Gasteiger partial charge in [-0.25, -0.2) is 4.39 Å². The summed E-state index contributed by atoms with van der Waals surface area (Å²) in [6, 6.07) is 18.0. The van der Waals surface area contributed by atoms with Gasteiger partial charge in [0.25, 0.3) is 0 Å². The van der Waals surface area contributed by atoms with Crippen molar-refractivity contribution in [3.05, 3.63) is 72.2 Å². The standard InChI is InChI=1S/C36H50FNO/c1-5-6-7-8-9-10-11-12-16-30-17-19-31(20-18-30)33-21-23-35(38-26-33)32-22-24-36(34(37)25-32)39-27-29(4)15-13-14-28(2)3/h17-26,28-29H,5-16,27H2,1-4H3. The Balaban J connectivity index is 1.46. The summed E-state index contributed by atoms with van der Waals surface area (Å²) in [6.45, 7) is 9.47. The average Bonchev–Trinajstić information content (AvgIpc) is 2.94. The quantitative estimate of drug-likeness (QED) is 0.152. The Bertz CT molecular complexity index is 1070. The van der Waals surface area contributed by atoms with E-state index in [0.717, 1.165) is 41.1 Å². The molecule has 0 N–H and O–H groups in total. The topological polar surface area (TPSA) is 22.1 Å². The molecule has 0 aliphatic carbocycles. The average molecular weight is 532 g/mol. The van der Waals surface area contributed by atoms with E-state index in [9.17, 15) is 4.39 Å². The number of aromatic nitrogens is 1. The van der Waals surface area contributed by atoms with Crippen LogP contribution >= 0.6 is 0 Å². The van der Waals surface area contributed by atoms with Gasteiger partial charge in [-0.15, -0.1) is 0 Å². The molecule has 0 spiro atoms. The van der Waals surface area contributed by atoms with Crippen molar-refractivity contribution in [2.24, 2.45) is 11.8 Å². The van der Waals surface area contributed by atoms with Crippen LogP contribution in [-0.4, -0.2) is 11.6 Å². The van der Waals surface area contributed by atoms with E-state index < -0.39 is 0 Å². The minimum Gasteiger partial charge on any atom is -0.490 e. The molecule has 1 heterocycles. The van der Waals surface area contributed by atoms with E-state index in [-0.39, 0.29) is 5.82 Å². The van der Waals surface area contributed by atoms with Crippen molar-refractivity contribution in [2.75, 3.05) is 6.61 Å². The molecule has 0 fully saturated rings. The summed E-state index contributed by atoms with van der Waals surface area (Å²) < 4.78 is 20.6. The van der Waals surface area contributed by atoms with E-state index in [1.807, 2.05) is 18.3 Å². The molecule has 0 aliphatic rings. The van der Waals surface area contributed by atoms with Crippen LogP contribution in [0.2, 0.25) is 0 Å². The van der Waals surface area contributed by atoms with Gasteiger partial charge in [-0.3, -0.25) is 4.98 Å². The van der Waals surface area contributed by atoms with Crippen molar-refractivity contribution < 1.29 is 9.13 Å². The SMILES string of the molecule is CCCCCCCCCCc1ccc(-c2ccc(-c3ccc(OCC(C)CCCC(C)C)c(F)c3)nc2)cc1. The molecule has 0 radical (unpaired) electrons. The first kappa shape index (κ1) is 30.9. The second-order valence-electron chi connectivity index (χ2n) is 11.7. The first-order valence-corrected chi connectivity index (χ1v) is 15.4. The fourth-order valence-corrected chi connectivity index (χ4v) is 5.03. The third-order valence-electron chi connectivity index (χ3n) is 7.60. The maximum Gasteiger partial charge on any atom is 0.165 e. The number of halogens is 1. The minimum absolute atomic E-state index is 0.318. The van der Waals surface area contributed by atoms with E-state index >= 15 is 0 Å². The van der Waals surface area contributed by atoms with Crippen LogP contribution in [-0.2, 0) is 6.42 Å².